The summed E-state index contributed by atoms with van der Waals surface area (Å²) in [4.78, 5) is 22.4. The maximum Gasteiger partial charge on any atom is 0.330 e. The molecular weight excluding hydrogens is 567 g/mol. The first-order valence-electron chi connectivity index (χ1n) is 13.4. The number of nitrogens with zero attached hydrogens (tertiary/aromatic N) is 6. The molecule has 222 valence electrons. The van der Waals surface area contributed by atoms with Crippen LogP contribution in [0, 0.1) is 5.82 Å². The average molecular weight is 595 g/mol. The molecule has 11 nitrogen and oxygen atoms in total. The molecule has 0 aliphatic carbocycles. The predicted molar refractivity (Wildman–Crippen MR) is 161 cm³/mol. The molecule has 0 unspecified atom stereocenters. The lowest BCUT2D eigenvalue weighted by Gasteiger charge is -2.06. The largest absolute Gasteiger partial charge is 0.490 e. The Balaban J connectivity index is 1.28. The fourth-order valence-electron chi connectivity index (χ4n) is 3.32. The lowest BCUT2D eigenvalue weighted by atomic mass is 10.3. The number of esters is 2. The molecule has 0 saturated carbocycles. The number of hydrogen-bond donors (Lipinski definition) is 0. The molecule has 4 aromatic rings. The van der Waals surface area contributed by atoms with Crippen LogP contribution >= 0.6 is 0 Å². The molecule has 0 bridgehead atoms. The Morgan fingerprint density at radius 3 is 1.68 bits per heavy atom. The zero-order chi connectivity index (χ0) is 31.1. The standard InChI is InChI=1S/C32H27FN6O5/c1-3-31(40)43-20-19-42-27-14-9-24(10-15-27)35-34-22-5-7-23(8-6-22)37-39-30-18-13-26(21-29(30)33)38-36-25-11-16-28(17-12-25)44-32(41)4-2/h3,5-18,21H,1,4,19-20H2,2H3. The van der Waals surface area contributed by atoms with Crippen molar-refractivity contribution in [1.29, 1.82) is 0 Å². The van der Waals surface area contributed by atoms with Gasteiger partial charge >= 0.3 is 11.9 Å². The Bertz CT molecular complexity index is 1670. The summed E-state index contributed by atoms with van der Waals surface area (Å²) in [6.45, 7) is 5.37. The lowest BCUT2D eigenvalue weighted by Crippen LogP contribution is -2.09. The zero-order valence-corrected chi connectivity index (χ0v) is 23.7. The summed E-state index contributed by atoms with van der Waals surface area (Å²) >= 11 is 0. The Labute approximate surface area is 252 Å². The van der Waals surface area contributed by atoms with Crippen molar-refractivity contribution in [2.45, 2.75) is 13.3 Å². The first kappa shape index (κ1) is 31.0. The van der Waals surface area contributed by atoms with Crippen molar-refractivity contribution >= 4 is 46.1 Å². The van der Waals surface area contributed by atoms with Crippen molar-refractivity contribution in [3.8, 4) is 11.5 Å². The molecule has 0 spiro atoms. The molecule has 0 radical (unpaired) electrons. The number of halogens is 1. The van der Waals surface area contributed by atoms with E-state index < -0.39 is 11.8 Å². The van der Waals surface area contributed by atoms with Gasteiger partial charge in [0.25, 0.3) is 0 Å². The van der Waals surface area contributed by atoms with E-state index in [9.17, 15) is 14.0 Å². The second-order valence-corrected chi connectivity index (χ2v) is 8.79. The number of rotatable bonds is 13. The molecule has 0 atom stereocenters. The minimum Gasteiger partial charge on any atom is -0.490 e. The zero-order valence-electron chi connectivity index (χ0n) is 23.7. The minimum atomic E-state index is -0.606. The molecule has 4 rings (SSSR count). The number of carbonyl (C=O) groups is 2. The highest BCUT2D eigenvalue weighted by molar-refractivity contribution is 5.81. The first-order valence-corrected chi connectivity index (χ1v) is 13.4. The molecule has 0 amide bonds. The number of azo groups is 3. The second kappa shape index (κ2) is 15.9. The summed E-state index contributed by atoms with van der Waals surface area (Å²) in [5.74, 6) is -0.428. The van der Waals surface area contributed by atoms with Crippen LogP contribution < -0.4 is 9.47 Å². The van der Waals surface area contributed by atoms with E-state index in [1.807, 2.05) is 0 Å². The Hall–Kier alpha value is -5.91. The third-order valence-electron chi connectivity index (χ3n) is 5.57. The van der Waals surface area contributed by atoms with E-state index in [0.29, 0.717) is 39.9 Å². The molecule has 0 N–H and O–H groups in total. The van der Waals surface area contributed by atoms with Crippen LogP contribution in [-0.2, 0) is 14.3 Å². The van der Waals surface area contributed by atoms with Crippen LogP contribution in [0.4, 0.5) is 38.5 Å². The molecule has 0 aliphatic heterocycles. The molecule has 0 aromatic heterocycles. The van der Waals surface area contributed by atoms with E-state index >= 15 is 0 Å². The van der Waals surface area contributed by atoms with Gasteiger partial charge in [0, 0.05) is 18.6 Å². The van der Waals surface area contributed by atoms with Crippen LogP contribution in [0.3, 0.4) is 0 Å². The van der Waals surface area contributed by atoms with Crippen molar-refractivity contribution in [2.24, 2.45) is 30.7 Å². The summed E-state index contributed by atoms with van der Waals surface area (Å²) in [7, 11) is 0. The van der Waals surface area contributed by atoms with Crippen LogP contribution in [0.1, 0.15) is 13.3 Å². The van der Waals surface area contributed by atoms with E-state index in [0.717, 1.165) is 6.08 Å². The van der Waals surface area contributed by atoms with Crippen LogP contribution in [-0.4, -0.2) is 25.2 Å². The molecule has 0 saturated heterocycles. The Morgan fingerprint density at radius 1 is 0.682 bits per heavy atom. The van der Waals surface area contributed by atoms with Gasteiger partial charge in [-0.1, -0.05) is 13.5 Å². The number of ether oxygens (including phenoxy) is 3. The minimum absolute atomic E-state index is 0.0417. The fourth-order valence-corrected chi connectivity index (χ4v) is 3.32. The predicted octanol–water partition coefficient (Wildman–Crippen LogP) is 9.50. The third kappa shape index (κ3) is 9.87. The Morgan fingerprint density at radius 2 is 1.16 bits per heavy atom. The second-order valence-electron chi connectivity index (χ2n) is 8.79. The smallest absolute Gasteiger partial charge is 0.330 e. The van der Waals surface area contributed by atoms with Crippen molar-refractivity contribution in [3.05, 3.63) is 109 Å². The maximum absolute atomic E-state index is 14.6. The molecule has 12 heteroatoms. The van der Waals surface area contributed by atoms with E-state index in [4.69, 9.17) is 14.2 Å². The topological polar surface area (TPSA) is 136 Å². The van der Waals surface area contributed by atoms with Crippen LogP contribution in [0.5, 0.6) is 11.5 Å². The van der Waals surface area contributed by atoms with E-state index in [1.54, 1.807) is 85.8 Å². The van der Waals surface area contributed by atoms with Gasteiger partial charge in [0.2, 0.25) is 0 Å². The highest BCUT2D eigenvalue weighted by Gasteiger charge is 2.04. The molecule has 4 aromatic carbocycles. The maximum atomic E-state index is 14.6. The van der Waals surface area contributed by atoms with Gasteiger partial charge in [-0.05, 0) is 84.9 Å². The normalized spacial score (nSPS) is 11.2. The molecule has 0 heterocycles. The fraction of sp³-hybridized carbons (Fsp3) is 0.125. The van der Waals surface area contributed by atoms with Gasteiger partial charge in [0.1, 0.15) is 30.4 Å². The monoisotopic (exact) mass is 594 g/mol. The SMILES string of the molecule is C=CC(=O)OCCOc1ccc(N=Nc2ccc(N=Nc3ccc(N=Nc4ccc(OC(=O)CC)cc4)cc3F)cc2)cc1. The van der Waals surface area contributed by atoms with Gasteiger partial charge in [-0.2, -0.15) is 25.6 Å². The highest BCUT2D eigenvalue weighted by Crippen LogP contribution is 2.28. The van der Waals surface area contributed by atoms with Crippen molar-refractivity contribution in [2.75, 3.05) is 13.2 Å². The molecule has 44 heavy (non-hydrogen) atoms. The van der Waals surface area contributed by atoms with E-state index in [1.165, 1.54) is 12.1 Å². The number of hydrogen-bond acceptors (Lipinski definition) is 11. The van der Waals surface area contributed by atoms with E-state index in [-0.39, 0.29) is 31.3 Å². The van der Waals surface area contributed by atoms with Gasteiger partial charge in [0.15, 0.2) is 5.82 Å². The highest BCUT2D eigenvalue weighted by atomic mass is 19.1. The first-order chi connectivity index (χ1) is 21.4. The lowest BCUT2D eigenvalue weighted by molar-refractivity contribution is -0.138. The molecular formula is C32H27FN6O5. The number of carbonyl (C=O) groups excluding carboxylic acids is 2. The van der Waals surface area contributed by atoms with Gasteiger partial charge in [0.05, 0.1) is 28.4 Å². The molecule has 0 fully saturated rings. The van der Waals surface area contributed by atoms with Crippen molar-refractivity contribution in [3.63, 3.8) is 0 Å². The van der Waals surface area contributed by atoms with Crippen LogP contribution in [0.15, 0.2) is 134 Å². The summed E-state index contributed by atoms with van der Waals surface area (Å²) in [5.41, 5.74) is 2.56. The van der Waals surface area contributed by atoms with E-state index in [2.05, 4.69) is 37.3 Å². The number of benzene rings is 4. The van der Waals surface area contributed by atoms with Crippen molar-refractivity contribution < 1.29 is 28.2 Å². The summed E-state index contributed by atoms with van der Waals surface area (Å²) in [5, 5.41) is 24.6. The summed E-state index contributed by atoms with van der Waals surface area (Å²) < 4.78 is 30.1. The quantitative estimate of drug-likeness (QED) is 0.0499. The molecule has 0 aliphatic rings. The van der Waals surface area contributed by atoms with Crippen molar-refractivity contribution in [1.82, 2.24) is 0 Å². The van der Waals surface area contributed by atoms with Gasteiger partial charge in [-0.25, -0.2) is 9.18 Å². The summed E-state index contributed by atoms with van der Waals surface area (Å²) in [6, 6.07) is 24.4. The summed E-state index contributed by atoms with van der Waals surface area (Å²) in [6.07, 6.45) is 1.37. The average Bonchev–Trinajstić information content (AvgIpc) is 3.05. The van der Waals surface area contributed by atoms with Gasteiger partial charge in [-0.3, -0.25) is 4.79 Å². The van der Waals surface area contributed by atoms with Crippen LogP contribution in [0.25, 0.3) is 0 Å². The van der Waals surface area contributed by atoms with Gasteiger partial charge in [-0.15, -0.1) is 5.11 Å². The van der Waals surface area contributed by atoms with Gasteiger partial charge < -0.3 is 14.2 Å². The third-order valence-corrected chi connectivity index (χ3v) is 5.57. The Kier molecular flexibility index (Phi) is 11.2. The van der Waals surface area contributed by atoms with Crippen LogP contribution in [0.2, 0.25) is 0 Å².